The van der Waals surface area contributed by atoms with E-state index in [1.807, 2.05) is 37.3 Å². The number of rotatable bonds is 21. The van der Waals surface area contributed by atoms with Crippen LogP contribution in [0, 0.1) is 6.92 Å². The highest BCUT2D eigenvalue weighted by Crippen LogP contribution is 2.26. The molecular weight excluding hydrogens is 488 g/mol. The van der Waals surface area contributed by atoms with Crippen molar-refractivity contribution in [2.24, 2.45) is 0 Å². The summed E-state index contributed by atoms with van der Waals surface area (Å²) in [6.07, 6.45) is 0. The van der Waals surface area contributed by atoms with Crippen molar-refractivity contribution in [1.82, 2.24) is 0 Å². The molecule has 10 heteroatoms. The van der Waals surface area contributed by atoms with Gasteiger partial charge in [-0.15, -0.1) is 0 Å². The van der Waals surface area contributed by atoms with Crippen LogP contribution in [0.15, 0.2) is 53.4 Å². The van der Waals surface area contributed by atoms with E-state index in [-0.39, 0.29) is 23.9 Å². The normalized spacial score (nSPS) is 11.6. The molecule has 0 N–H and O–H groups in total. The van der Waals surface area contributed by atoms with Crippen LogP contribution < -0.4 is 4.74 Å². The molecule has 2 aromatic carbocycles. The highest BCUT2D eigenvalue weighted by atomic mass is 32.2. The van der Waals surface area contributed by atoms with Gasteiger partial charge < -0.3 is 28.4 Å². The molecule has 202 valence electrons. The molecule has 0 saturated heterocycles. The van der Waals surface area contributed by atoms with Gasteiger partial charge in [0, 0.05) is 0 Å². The van der Waals surface area contributed by atoms with E-state index >= 15 is 0 Å². The van der Waals surface area contributed by atoms with Crippen molar-refractivity contribution in [3.63, 3.8) is 0 Å². The molecule has 0 radical (unpaired) electrons. The summed E-state index contributed by atoms with van der Waals surface area (Å²) in [6, 6.07) is 14.9. The van der Waals surface area contributed by atoms with Gasteiger partial charge in [0.2, 0.25) is 0 Å². The first-order chi connectivity index (χ1) is 17.5. The molecule has 9 nitrogen and oxygen atoms in total. The Kier molecular flexibility index (Phi) is 15.3. The zero-order chi connectivity index (χ0) is 25.9. The van der Waals surface area contributed by atoms with Crippen molar-refractivity contribution in [3.05, 3.63) is 59.7 Å². The number of ether oxygens (including phenoxy) is 6. The predicted octanol–water partition coefficient (Wildman–Crippen LogP) is 3.38. The minimum absolute atomic E-state index is 0.0140. The number of hydrogen-bond donors (Lipinski definition) is 0. The summed E-state index contributed by atoms with van der Waals surface area (Å²) in [4.78, 5) is 0.0140. The van der Waals surface area contributed by atoms with Crippen molar-refractivity contribution in [2.45, 2.75) is 25.3 Å². The van der Waals surface area contributed by atoms with E-state index in [2.05, 4.69) is 0 Å². The summed E-state index contributed by atoms with van der Waals surface area (Å²) in [6.45, 7) is 8.46. The maximum atomic E-state index is 12.2. The molecule has 0 aliphatic carbocycles. The summed E-state index contributed by atoms with van der Waals surface area (Å²) in [7, 11) is -3.85. The van der Waals surface area contributed by atoms with Crippen LogP contribution in [0.1, 0.15) is 18.1 Å². The third kappa shape index (κ3) is 12.8. The topological polar surface area (TPSA) is 98.8 Å². The number of aryl methyl sites for hydroxylation is 1. The first kappa shape index (κ1) is 30.2. The Morgan fingerprint density at radius 1 is 0.667 bits per heavy atom. The van der Waals surface area contributed by atoms with Gasteiger partial charge in [0.1, 0.15) is 17.3 Å². The summed E-state index contributed by atoms with van der Waals surface area (Å²) in [5.41, 5.74) is 2.03. The molecule has 0 bridgehead atoms. The molecule has 36 heavy (non-hydrogen) atoms. The smallest absolute Gasteiger partial charge is 0.300 e. The van der Waals surface area contributed by atoms with Crippen molar-refractivity contribution in [2.75, 3.05) is 72.7 Å². The maximum absolute atomic E-state index is 12.2. The largest absolute Gasteiger partial charge is 0.490 e. The quantitative estimate of drug-likeness (QED) is 0.179. The number of hydrogen-bond acceptors (Lipinski definition) is 9. The third-order valence-electron chi connectivity index (χ3n) is 4.73. The average Bonchev–Trinajstić information content (AvgIpc) is 2.86. The lowest BCUT2D eigenvalue weighted by molar-refractivity contribution is -0.0140. The molecule has 0 fully saturated rings. The van der Waals surface area contributed by atoms with Gasteiger partial charge in [-0.2, -0.15) is 8.42 Å². The van der Waals surface area contributed by atoms with Gasteiger partial charge in [-0.25, -0.2) is 0 Å². The van der Waals surface area contributed by atoms with E-state index in [4.69, 9.17) is 32.6 Å². The fourth-order valence-electron chi connectivity index (χ4n) is 3.01. The van der Waals surface area contributed by atoms with Crippen LogP contribution in [0.5, 0.6) is 5.75 Å². The molecule has 0 unspecified atom stereocenters. The van der Waals surface area contributed by atoms with Crippen LogP contribution >= 0.6 is 0 Å². The first-order valence-electron chi connectivity index (χ1n) is 12.1. The molecule has 0 saturated carbocycles. The van der Waals surface area contributed by atoms with E-state index in [0.717, 1.165) is 11.1 Å². The van der Waals surface area contributed by atoms with E-state index in [1.165, 1.54) is 6.07 Å². The Balaban J connectivity index is 1.40. The molecule has 0 aliphatic heterocycles. The van der Waals surface area contributed by atoms with Crippen LogP contribution in [-0.2, 0) is 44.6 Å². The van der Waals surface area contributed by atoms with Gasteiger partial charge in [0.15, 0.2) is 0 Å². The van der Waals surface area contributed by atoms with Crippen molar-refractivity contribution in [1.29, 1.82) is 0 Å². The SMILES string of the molecule is CCOS(=O)(=O)c1ccc(C)cc1OCCOCCOCCOCCOCCOCc1ccccc1. The van der Waals surface area contributed by atoms with Crippen molar-refractivity contribution in [3.8, 4) is 5.75 Å². The fourth-order valence-corrected chi connectivity index (χ4v) is 4.04. The minimum Gasteiger partial charge on any atom is -0.490 e. The number of benzene rings is 2. The highest BCUT2D eigenvalue weighted by molar-refractivity contribution is 7.86. The van der Waals surface area contributed by atoms with Crippen molar-refractivity contribution < 1.29 is 41.0 Å². The lowest BCUT2D eigenvalue weighted by Crippen LogP contribution is -2.15. The third-order valence-corrected chi connectivity index (χ3v) is 6.15. The summed E-state index contributed by atoms with van der Waals surface area (Å²) < 4.78 is 62.3. The highest BCUT2D eigenvalue weighted by Gasteiger charge is 2.20. The van der Waals surface area contributed by atoms with Gasteiger partial charge in [0.25, 0.3) is 0 Å². The molecule has 2 aromatic rings. The summed E-state index contributed by atoms with van der Waals surface area (Å²) >= 11 is 0. The monoisotopic (exact) mass is 526 g/mol. The Labute approximate surface area is 214 Å². The Hall–Kier alpha value is -2.05. The summed E-state index contributed by atoms with van der Waals surface area (Å²) in [5, 5.41) is 0. The van der Waals surface area contributed by atoms with E-state index in [9.17, 15) is 8.42 Å². The van der Waals surface area contributed by atoms with E-state index in [0.29, 0.717) is 66.1 Å². The van der Waals surface area contributed by atoms with E-state index in [1.54, 1.807) is 19.1 Å². The standard InChI is InChI=1S/C26H38O9S/c1-3-35-36(27,28)26-10-9-23(2)21-25(26)34-20-19-32-16-15-30-12-11-29-13-14-31-17-18-33-22-24-7-5-4-6-8-24/h4-10,21H,3,11-20,22H2,1-2H3. The molecule has 0 heterocycles. The Morgan fingerprint density at radius 2 is 1.19 bits per heavy atom. The lowest BCUT2D eigenvalue weighted by atomic mass is 10.2. The molecule has 0 amide bonds. The maximum Gasteiger partial charge on any atom is 0.300 e. The van der Waals surface area contributed by atoms with Crippen molar-refractivity contribution >= 4 is 10.1 Å². The second kappa shape index (κ2) is 18.2. The molecule has 2 rings (SSSR count). The zero-order valence-corrected chi connectivity index (χ0v) is 22.0. The van der Waals surface area contributed by atoms with Crippen LogP contribution in [0.2, 0.25) is 0 Å². The molecule has 0 atom stereocenters. The first-order valence-corrected chi connectivity index (χ1v) is 13.5. The molecule has 0 aliphatic rings. The fraction of sp³-hybridized carbons (Fsp3) is 0.538. The van der Waals surface area contributed by atoms with Gasteiger partial charge in [-0.3, -0.25) is 4.18 Å². The van der Waals surface area contributed by atoms with E-state index < -0.39 is 10.1 Å². The van der Waals surface area contributed by atoms with Crippen LogP contribution in [-0.4, -0.2) is 81.1 Å². The molecule has 0 aromatic heterocycles. The van der Waals surface area contributed by atoms with Gasteiger partial charge in [-0.1, -0.05) is 36.4 Å². The predicted molar refractivity (Wildman–Crippen MR) is 135 cm³/mol. The molecular formula is C26H38O9S. The van der Waals surface area contributed by atoms with Gasteiger partial charge in [-0.05, 0) is 37.1 Å². The second-order valence-corrected chi connectivity index (χ2v) is 9.23. The lowest BCUT2D eigenvalue weighted by Gasteiger charge is -2.13. The Bertz CT molecular complexity index is 936. The van der Waals surface area contributed by atoms with Crippen LogP contribution in [0.25, 0.3) is 0 Å². The molecule has 0 spiro atoms. The van der Waals surface area contributed by atoms with Crippen LogP contribution in [0.4, 0.5) is 0 Å². The van der Waals surface area contributed by atoms with Gasteiger partial charge in [0.05, 0.1) is 72.7 Å². The van der Waals surface area contributed by atoms with Gasteiger partial charge >= 0.3 is 10.1 Å². The Morgan fingerprint density at radius 3 is 1.75 bits per heavy atom. The summed E-state index contributed by atoms with van der Waals surface area (Å²) in [5.74, 6) is 0.254. The zero-order valence-electron chi connectivity index (χ0n) is 21.2. The average molecular weight is 527 g/mol. The van der Waals surface area contributed by atoms with Crippen LogP contribution in [0.3, 0.4) is 0 Å². The minimum atomic E-state index is -3.85. The second-order valence-electron chi connectivity index (χ2n) is 7.65.